The minimum absolute atomic E-state index is 0.0770. The van der Waals surface area contributed by atoms with Crippen LogP contribution >= 0.6 is 0 Å². The van der Waals surface area contributed by atoms with Gasteiger partial charge in [0.2, 0.25) is 0 Å². The first-order chi connectivity index (χ1) is 7.31. The van der Waals surface area contributed by atoms with Gasteiger partial charge in [-0.05, 0) is 0 Å². The van der Waals surface area contributed by atoms with Crippen LogP contribution in [0.1, 0.15) is 16.5 Å². The van der Waals surface area contributed by atoms with Crippen molar-refractivity contribution in [3.63, 3.8) is 0 Å². The minimum Gasteiger partial charge on any atom is -0.395 e. The summed E-state index contributed by atoms with van der Waals surface area (Å²) in [5.41, 5.74) is 0.287. The van der Waals surface area contributed by atoms with E-state index < -0.39 is 0 Å². The molecule has 0 radical (unpaired) electrons. The highest BCUT2D eigenvalue weighted by atomic mass is 16.3. The SMILES string of the molecule is O=C(NCCO)c1cn(C2CNC2)nn1. The van der Waals surface area contributed by atoms with Crippen molar-refractivity contribution < 1.29 is 9.90 Å². The van der Waals surface area contributed by atoms with Gasteiger partial charge in [-0.3, -0.25) is 4.79 Å². The van der Waals surface area contributed by atoms with Gasteiger partial charge in [0.05, 0.1) is 18.8 Å². The Morgan fingerprint density at radius 2 is 2.53 bits per heavy atom. The van der Waals surface area contributed by atoms with Crippen molar-refractivity contribution in [1.82, 2.24) is 25.6 Å². The number of amides is 1. The van der Waals surface area contributed by atoms with Crippen LogP contribution in [-0.2, 0) is 0 Å². The zero-order chi connectivity index (χ0) is 10.7. The lowest BCUT2D eigenvalue weighted by Crippen LogP contribution is -2.43. The first-order valence-electron chi connectivity index (χ1n) is 4.83. The van der Waals surface area contributed by atoms with E-state index in [1.54, 1.807) is 10.9 Å². The maximum atomic E-state index is 11.4. The summed E-state index contributed by atoms with van der Waals surface area (Å²) < 4.78 is 1.68. The van der Waals surface area contributed by atoms with E-state index in [-0.39, 0.29) is 24.8 Å². The average molecular weight is 211 g/mol. The standard InChI is InChI=1S/C8H13N5O2/c14-2-1-10-8(15)7-5-13(12-11-7)6-3-9-4-6/h5-6,9,14H,1-4H2,(H,10,15). The summed E-state index contributed by atoms with van der Waals surface area (Å²) in [6.45, 7) is 1.88. The van der Waals surface area contributed by atoms with Crippen LogP contribution in [0.2, 0.25) is 0 Å². The van der Waals surface area contributed by atoms with E-state index >= 15 is 0 Å². The van der Waals surface area contributed by atoms with Gasteiger partial charge >= 0.3 is 0 Å². The molecule has 3 N–H and O–H groups in total. The molecule has 0 aliphatic carbocycles. The molecule has 0 bridgehead atoms. The summed E-state index contributed by atoms with van der Waals surface area (Å²) in [7, 11) is 0. The van der Waals surface area contributed by atoms with Gasteiger partial charge < -0.3 is 15.7 Å². The fourth-order valence-electron chi connectivity index (χ4n) is 1.28. The first kappa shape index (κ1) is 10.1. The normalized spacial score (nSPS) is 16.1. The van der Waals surface area contributed by atoms with E-state index in [0.717, 1.165) is 13.1 Å². The predicted octanol–water partition coefficient (Wildman–Crippen LogP) is -1.86. The second-order valence-electron chi connectivity index (χ2n) is 3.38. The summed E-state index contributed by atoms with van der Waals surface area (Å²) in [4.78, 5) is 11.4. The molecule has 0 aromatic carbocycles. The lowest BCUT2D eigenvalue weighted by Gasteiger charge is -2.26. The molecule has 82 valence electrons. The Labute approximate surface area is 86.5 Å². The number of hydrogen-bond donors (Lipinski definition) is 3. The molecule has 7 nitrogen and oxygen atoms in total. The zero-order valence-corrected chi connectivity index (χ0v) is 8.18. The maximum Gasteiger partial charge on any atom is 0.273 e. The highest BCUT2D eigenvalue weighted by Gasteiger charge is 2.21. The van der Waals surface area contributed by atoms with Crippen LogP contribution < -0.4 is 10.6 Å². The molecule has 1 aromatic heterocycles. The second kappa shape index (κ2) is 4.37. The fourth-order valence-corrected chi connectivity index (χ4v) is 1.28. The Morgan fingerprint density at radius 3 is 3.13 bits per heavy atom. The van der Waals surface area contributed by atoms with Crippen molar-refractivity contribution in [1.29, 1.82) is 0 Å². The fraction of sp³-hybridized carbons (Fsp3) is 0.625. The molecule has 1 fully saturated rings. The van der Waals surface area contributed by atoms with E-state index in [4.69, 9.17) is 5.11 Å². The van der Waals surface area contributed by atoms with Gasteiger partial charge in [-0.15, -0.1) is 5.10 Å². The number of aliphatic hydroxyl groups excluding tert-OH is 1. The molecule has 1 aliphatic rings. The summed E-state index contributed by atoms with van der Waals surface area (Å²) in [6, 6.07) is 0.303. The largest absolute Gasteiger partial charge is 0.395 e. The Kier molecular flexibility index (Phi) is 2.93. The van der Waals surface area contributed by atoms with Crippen molar-refractivity contribution in [2.24, 2.45) is 0 Å². The molecule has 15 heavy (non-hydrogen) atoms. The van der Waals surface area contributed by atoms with E-state index in [1.807, 2.05) is 0 Å². The predicted molar refractivity (Wildman–Crippen MR) is 51.3 cm³/mol. The molecule has 1 aliphatic heterocycles. The van der Waals surface area contributed by atoms with E-state index in [9.17, 15) is 4.79 Å². The lowest BCUT2D eigenvalue weighted by atomic mass is 10.2. The average Bonchev–Trinajstić information content (AvgIpc) is 2.60. The number of carbonyl (C=O) groups excluding carboxylic acids is 1. The Balaban J connectivity index is 1.96. The monoisotopic (exact) mass is 211 g/mol. The van der Waals surface area contributed by atoms with Gasteiger partial charge in [0, 0.05) is 19.6 Å². The van der Waals surface area contributed by atoms with E-state index in [2.05, 4.69) is 20.9 Å². The highest BCUT2D eigenvalue weighted by Crippen LogP contribution is 2.09. The van der Waals surface area contributed by atoms with Gasteiger partial charge in [0.1, 0.15) is 0 Å². The Bertz CT molecular complexity index is 347. The molecule has 0 unspecified atom stereocenters. The number of carbonyl (C=O) groups is 1. The van der Waals surface area contributed by atoms with Crippen molar-refractivity contribution in [3.8, 4) is 0 Å². The molecule has 0 spiro atoms. The van der Waals surface area contributed by atoms with Crippen molar-refractivity contribution in [2.45, 2.75) is 6.04 Å². The number of rotatable bonds is 4. The van der Waals surface area contributed by atoms with Gasteiger partial charge in [-0.2, -0.15) is 0 Å². The topological polar surface area (TPSA) is 92.1 Å². The summed E-state index contributed by atoms with van der Waals surface area (Å²) >= 11 is 0. The van der Waals surface area contributed by atoms with Gasteiger partial charge in [-0.1, -0.05) is 5.21 Å². The number of aromatic nitrogens is 3. The van der Waals surface area contributed by atoms with Gasteiger partial charge in [-0.25, -0.2) is 4.68 Å². The molecular formula is C8H13N5O2. The Morgan fingerprint density at radius 1 is 1.73 bits per heavy atom. The van der Waals surface area contributed by atoms with Crippen LogP contribution in [0, 0.1) is 0 Å². The van der Waals surface area contributed by atoms with Crippen LogP contribution in [0.25, 0.3) is 0 Å². The molecule has 2 rings (SSSR count). The van der Waals surface area contributed by atoms with Crippen molar-refractivity contribution in [3.05, 3.63) is 11.9 Å². The number of nitrogens with one attached hydrogen (secondary N) is 2. The molecular weight excluding hydrogens is 198 g/mol. The zero-order valence-electron chi connectivity index (χ0n) is 8.18. The summed E-state index contributed by atoms with van der Waals surface area (Å²) in [6.07, 6.45) is 1.62. The molecule has 7 heteroatoms. The smallest absolute Gasteiger partial charge is 0.273 e. The highest BCUT2D eigenvalue weighted by molar-refractivity contribution is 5.91. The molecule has 1 saturated heterocycles. The van der Waals surface area contributed by atoms with Crippen molar-refractivity contribution in [2.75, 3.05) is 26.2 Å². The molecule has 1 aromatic rings. The van der Waals surface area contributed by atoms with Crippen LogP contribution in [0.15, 0.2) is 6.20 Å². The molecule has 0 saturated carbocycles. The second-order valence-corrected chi connectivity index (χ2v) is 3.38. The van der Waals surface area contributed by atoms with Crippen LogP contribution in [0.3, 0.4) is 0 Å². The lowest BCUT2D eigenvalue weighted by molar-refractivity contribution is 0.0939. The third kappa shape index (κ3) is 2.13. The third-order valence-corrected chi connectivity index (χ3v) is 2.27. The molecule has 0 atom stereocenters. The summed E-state index contributed by atoms with van der Waals surface area (Å²) in [5, 5.41) is 21.8. The molecule has 1 amide bonds. The third-order valence-electron chi connectivity index (χ3n) is 2.27. The van der Waals surface area contributed by atoms with E-state index in [1.165, 1.54) is 0 Å². The first-order valence-corrected chi connectivity index (χ1v) is 4.83. The number of hydrogen-bond acceptors (Lipinski definition) is 5. The minimum atomic E-state index is -0.303. The van der Waals surface area contributed by atoms with Crippen molar-refractivity contribution >= 4 is 5.91 Å². The maximum absolute atomic E-state index is 11.4. The number of aliphatic hydroxyl groups is 1. The molecule has 2 heterocycles. The summed E-state index contributed by atoms with van der Waals surface area (Å²) in [5.74, 6) is -0.303. The van der Waals surface area contributed by atoms with Gasteiger partial charge in [0.25, 0.3) is 5.91 Å². The Hall–Kier alpha value is -1.47. The van der Waals surface area contributed by atoms with Crippen LogP contribution in [-0.4, -0.2) is 52.2 Å². The quantitative estimate of drug-likeness (QED) is 0.543. The number of nitrogens with zero attached hydrogens (tertiary/aromatic N) is 3. The van der Waals surface area contributed by atoms with E-state index in [0.29, 0.717) is 6.04 Å². The van der Waals surface area contributed by atoms with Crippen LogP contribution in [0.4, 0.5) is 0 Å². The van der Waals surface area contributed by atoms with Gasteiger partial charge in [0.15, 0.2) is 5.69 Å². The van der Waals surface area contributed by atoms with Crippen LogP contribution in [0.5, 0.6) is 0 Å².